The molecule has 0 bridgehead atoms. The van der Waals surface area contributed by atoms with E-state index in [9.17, 15) is 4.79 Å². The number of aromatic nitrogens is 6. The van der Waals surface area contributed by atoms with Gasteiger partial charge in [0.1, 0.15) is 0 Å². The van der Waals surface area contributed by atoms with Gasteiger partial charge in [0.05, 0.1) is 18.8 Å². The molecule has 0 aliphatic heterocycles. The van der Waals surface area contributed by atoms with E-state index in [4.69, 9.17) is 0 Å². The highest BCUT2D eigenvalue weighted by atomic mass is 16.2. The summed E-state index contributed by atoms with van der Waals surface area (Å²) in [5.41, 5.74) is 5.22. The Morgan fingerprint density at radius 2 is 2.03 bits per heavy atom. The van der Waals surface area contributed by atoms with Gasteiger partial charge in [0.25, 0.3) is 11.7 Å². The number of nitrogens with zero attached hydrogens (tertiary/aromatic N) is 6. The van der Waals surface area contributed by atoms with E-state index in [2.05, 4.69) is 37.6 Å². The number of hydrogen-bond acceptors (Lipinski definition) is 5. The topological polar surface area (TPSA) is 90.0 Å². The highest BCUT2D eigenvalue weighted by molar-refractivity contribution is 5.91. The van der Waals surface area contributed by atoms with Gasteiger partial charge in [0, 0.05) is 22.6 Å². The Hall–Kier alpha value is -3.55. The van der Waals surface area contributed by atoms with E-state index >= 15 is 0 Å². The van der Waals surface area contributed by atoms with Crippen molar-refractivity contribution in [1.82, 2.24) is 34.7 Å². The number of carbonyl (C=O) groups excluding carboxylic acids is 1. The standard InChI is InChI=1S/C22H23N7O/c1-14-11-15(2)29-22(24-14)26-20(27-29)21(30)25-18-9-6-10-19-17(18)12-23-28(19)13-16-7-4-3-5-8-16/h3-5,7-8,11-12,18H,6,9-10,13H2,1-2H3,(H,25,30). The highest BCUT2D eigenvalue weighted by Crippen LogP contribution is 2.30. The van der Waals surface area contributed by atoms with Crippen molar-refractivity contribution in [2.24, 2.45) is 0 Å². The summed E-state index contributed by atoms with van der Waals surface area (Å²) in [6.45, 7) is 4.56. The van der Waals surface area contributed by atoms with E-state index in [-0.39, 0.29) is 17.8 Å². The van der Waals surface area contributed by atoms with E-state index in [1.165, 1.54) is 11.3 Å². The molecule has 1 aromatic carbocycles. The molecule has 0 saturated carbocycles. The number of rotatable bonds is 4. The van der Waals surface area contributed by atoms with Crippen molar-refractivity contribution in [3.63, 3.8) is 0 Å². The van der Waals surface area contributed by atoms with Gasteiger partial charge in [-0.1, -0.05) is 30.3 Å². The first-order valence-corrected chi connectivity index (χ1v) is 10.2. The molecule has 3 aromatic heterocycles. The Kier molecular flexibility index (Phi) is 4.54. The summed E-state index contributed by atoms with van der Waals surface area (Å²) in [7, 11) is 0. The highest BCUT2D eigenvalue weighted by Gasteiger charge is 2.27. The molecule has 30 heavy (non-hydrogen) atoms. The Balaban J connectivity index is 1.38. The molecule has 1 N–H and O–H groups in total. The largest absolute Gasteiger partial charge is 0.342 e. The summed E-state index contributed by atoms with van der Waals surface area (Å²) in [6.07, 6.45) is 4.72. The first kappa shape index (κ1) is 18.5. The van der Waals surface area contributed by atoms with Crippen molar-refractivity contribution < 1.29 is 4.79 Å². The lowest BCUT2D eigenvalue weighted by atomic mass is 9.93. The SMILES string of the molecule is Cc1cc(C)n2nc(C(=O)NC3CCCc4c3cnn4Cc3ccccc3)nc2n1. The third-order valence-corrected chi connectivity index (χ3v) is 5.56. The van der Waals surface area contributed by atoms with Crippen molar-refractivity contribution >= 4 is 11.7 Å². The zero-order valence-electron chi connectivity index (χ0n) is 17.0. The third kappa shape index (κ3) is 3.34. The zero-order chi connectivity index (χ0) is 20.7. The summed E-state index contributed by atoms with van der Waals surface area (Å²) in [4.78, 5) is 21.6. The number of amides is 1. The van der Waals surface area contributed by atoms with Crippen LogP contribution < -0.4 is 5.32 Å². The molecule has 5 rings (SSSR count). The molecular weight excluding hydrogens is 378 g/mol. The van der Waals surface area contributed by atoms with Crippen molar-refractivity contribution in [3.8, 4) is 0 Å². The maximum atomic E-state index is 12.9. The van der Waals surface area contributed by atoms with Crippen LogP contribution >= 0.6 is 0 Å². The first-order chi connectivity index (χ1) is 14.6. The molecule has 3 heterocycles. The fourth-order valence-corrected chi connectivity index (χ4v) is 4.15. The molecule has 8 heteroatoms. The van der Waals surface area contributed by atoms with Crippen LogP contribution in [0.1, 0.15) is 57.7 Å². The second-order valence-electron chi connectivity index (χ2n) is 7.79. The molecule has 0 saturated heterocycles. The fraction of sp³-hybridized carbons (Fsp3) is 0.318. The fourth-order valence-electron chi connectivity index (χ4n) is 4.15. The van der Waals surface area contributed by atoms with Gasteiger partial charge in [0.15, 0.2) is 0 Å². The van der Waals surface area contributed by atoms with Crippen LogP contribution in [0.5, 0.6) is 0 Å². The lowest BCUT2D eigenvalue weighted by Crippen LogP contribution is -2.31. The average molecular weight is 401 g/mol. The number of aryl methyl sites for hydroxylation is 2. The first-order valence-electron chi connectivity index (χ1n) is 10.2. The molecule has 4 aromatic rings. The Bertz CT molecular complexity index is 1230. The minimum absolute atomic E-state index is 0.0897. The zero-order valence-corrected chi connectivity index (χ0v) is 17.0. The monoisotopic (exact) mass is 401 g/mol. The lowest BCUT2D eigenvalue weighted by molar-refractivity contribution is 0.0922. The number of nitrogens with one attached hydrogen (secondary N) is 1. The van der Waals surface area contributed by atoms with Crippen LogP contribution in [0, 0.1) is 13.8 Å². The molecule has 1 aliphatic rings. The Morgan fingerprint density at radius 1 is 1.20 bits per heavy atom. The van der Waals surface area contributed by atoms with Crippen LogP contribution in [-0.2, 0) is 13.0 Å². The normalized spacial score (nSPS) is 15.9. The summed E-state index contributed by atoms with van der Waals surface area (Å²) < 4.78 is 3.65. The summed E-state index contributed by atoms with van der Waals surface area (Å²) >= 11 is 0. The summed E-state index contributed by atoms with van der Waals surface area (Å²) in [5, 5.41) is 12.1. The molecule has 0 radical (unpaired) electrons. The third-order valence-electron chi connectivity index (χ3n) is 5.56. The molecule has 1 atom stereocenters. The van der Waals surface area contributed by atoms with Crippen LogP contribution in [0.4, 0.5) is 0 Å². The van der Waals surface area contributed by atoms with Gasteiger partial charge in [-0.3, -0.25) is 9.48 Å². The van der Waals surface area contributed by atoms with Gasteiger partial charge in [-0.25, -0.2) is 9.50 Å². The number of hydrogen-bond donors (Lipinski definition) is 1. The number of benzene rings is 1. The Labute approximate surface area is 174 Å². The second-order valence-corrected chi connectivity index (χ2v) is 7.79. The van der Waals surface area contributed by atoms with E-state index in [1.807, 2.05) is 49.0 Å². The van der Waals surface area contributed by atoms with Gasteiger partial charge < -0.3 is 5.32 Å². The van der Waals surface area contributed by atoms with Crippen LogP contribution in [0.15, 0.2) is 42.6 Å². The maximum Gasteiger partial charge on any atom is 0.291 e. The average Bonchev–Trinajstić information content (AvgIpc) is 3.34. The smallest absolute Gasteiger partial charge is 0.291 e. The molecule has 152 valence electrons. The van der Waals surface area contributed by atoms with Crippen LogP contribution in [0.3, 0.4) is 0 Å². The van der Waals surface area contributed by atoms with E-state index in [1.54, 1.807) is 4.52 Å². The van der Waals surface area contributed by atoms with Crippen molar-refractivity contribution in [2.45, 2.75) is 45.7 Å². The van der Waals surface area contributed by atoms with Gasteiger partial charge >= 0.3 is 0 Å². The van der Waals surface area contributed by atoms with E-state index in [0.717, 1.165) is 42.8 Å². The van der Waals surface area contributed by atoms with Crippen LogP contribution in [-0.4, -0.2) is 35.3 Å². The molecule has 0 fully saturated rings. The van der Waals surface area contributed by atoms with Gasteiger partial charge in [-0.2, -0.15) is 10.1 Å². The number of fused-ring (bicyclic) bond motifs is 2. The predicted octanol–water partition coefficient (Wildman–Crippen LogP) is 2.79. The minimum atomic E-state index is -0.286. The minimum Gasteiger partial charge on any atom is -0.342 e. The number of carbonyl (C=O) groups is 1. The lowest BCUT2D eigenvalue weighted by Gasteiger charge is -2.23. The molecule has 1 aliphatic carbocycles. The quantitative estimate of drug-likeness (QED) is 0.568. The second kappa shape index (κ2) is 7.37. The molecule has 1 amide bonds. The summed E-state index contributed by atoms with van der Waals surface area (Å²) in [6, 6.07) is 12.1. The van der Waals surface area contributed by atoms with Gasteiger partial charge in [0.2, 0.25) is 5.82 Å². The maximum absolute atomic E-state index is 12.9. The van der Waals surface area contributed by atoms with Crippen molar-refractivity contribution in [3.05, 3.63) is 76.6 Å². The molecular formula is C22H23N7O. The van der Waals surface area contributed by atoms with Gasteiger partial charge in [-0.05, 0) is 44.7 Å². The van der Waals surface area contributed by atoms with Crippen LogP contribution in [0.25, 0.3) is 5.78 Å². The van der Waals surface area contributed by atoms with Crippen LogP contribution in [0.2, 0.25) is 0 Å². The summed E-state index contributed by atoms with van der Waals surface area (Å²) in [5.74, 6) is 0.295. The van der Waals surface area contributed by atoms with Gasteiger partial charge in [-0.15, -0.1) is 5.10 Å². The Morgan fingerprint density at radius 3 is 2.87 bits per heavy atom. The van der Waals surface area contributed by atoms with Crippen molar-refractivity contribution in [2.75, 3.05) is 0 Å². The molecule has 0 spiro atoms. The molecule has 8 nitrogen and oxygen atoms in total. The van der Waals surface area contributed by atoms with E-state index < -0.39 is 0 Å². The molecule has 1 unspecified atom stereocenters. The van der Waals surface area contributed by atoms with E-state index in [0.29, 0.717) is 5.78 Å². The predicted molar refractivity (Wildman–Crippen MR) is 111 cm³/mol. The van der Waals surface area contributed by atoms with Crippen molar-refractivity contribution in [1.29, 1.82) is 0 Å².